The van der Waals surface area contributed by atoms with E-state index in [-0.39, 0.29) is 17.5 Å². The van der Waals surface area contributed by atoms with Crippen molar-refractivity contribution in [3.8, 4) is 0 Å². The normalized spacial score (nSPS) is 13.6. The molecule has 0 saturated carbocycles. The molecule has 0 saturated heterocycles. The summed E-state index contributed by atoms with van der Waals surface area (Å²) in [5.74, 6) is 0.396. The highest BCUT2D eigenvalue weighted by atomic mass is 79.9. The molecule has 0 heterocycles. The molecule has 1 rings (SSSR count). The van der Waals surface area contributed by atoms with Crippen molar-refractivity contribution < 1.29 is 8.42 Å². The highest BCUT2D eigenvalue weighted by Gasteiger charge is 2.12. The Hall–Kier alpha value is -0.390. The predicted octanol–water partition coefficient (Wildman–Crippen LogP) is 2.36. The SMILES string of the molecule is CCS(=O)(=O)CC(C)NCc1cccc(Br)c1. The molecule has 1 aromatic rings. The predicted molar refractivity (Wildman–Crippen MR) is 74.8 cm³/mol. The Labute approximate surface area is 112 Å². The van der Waals surface area contributed by atoms with Crippen molar-refractivity contribution >= 4 is 25.8 Å². The van der Waals surface area contributed by atoms with Gasteiger partial charge in [-0.15, -0.1) is 0 Å². The molecule has 0 fully saturated rings. The number of hydrogen-bond donors (Lipinski definition) is 1. The van der Waals surface area contributed by atoms with E-state index < -0.39 is 9.84 Å². The van der Waals surface area contributed by atoms with Crippen LogP contribution in [0.4, 0.5) is 0 Å². The Balaban J connectivity index is 2.46. The molecule has 1 unspecified atom stereocenters. The molecule has 3 nitrogen and oxygen atoms in total. The third kappa shape index (κ3) is 5.66. The van der Waals surface area contributed by atoms with E-state index in [1.54, 1.807) is 6.92 Å². The lowest BCUT2D eigenvalue weighted by molar-refractivity contribution is 0.557. The molecule has 17 heavy (non-hydrogen) atoms. The lowest BCUT2D eigenvalue weighted by Gasteiger charge is -2.13. The lowest BCUT2D eigenvalue weighted by atomic mass is 10.2. The van der Waals surface area contributed by atoms with Gasteiger partial charge in [0.15, 0.2) is 9.84 Å². The van der Waals surface area contributed by atoms with Crippen LogP contribution in [0.3, 0.4) is 0 Å². The van der Waals surface area contributed by atoms with E-state index in [9.17, 15) is 8.42 Å². The fourth-order valence-corrected chi connectivity index (χ4v) is 3.06. The quantitative estimate of drug-likeness (QED) is 0.875. The molecule has 0 spiro atoms. The van der Waals surface area contributed by atoms with E-state index >= 15 is 0 Å². The molecule has 0 aliphatic heterocycles. The lowest BCUT2D eigenvalue weighted by Crippen LogP contribution is -2.33. The first kappa shape index (κ1) is 14.7. The molecule has 96 valence electrons. The monoisotopic (exact) mass is 319 g/mol. The first-order valence-electron chi connectivity index (χ1n) is 5.61. The van der Waals surface area contributed by atoms with Gasteiger partial charge in [-0.1, -0.05) is 35.0 Å². The minimum atomic E-state index is -2.90. The van der Waals surface area contributed by atoms with Gasteiger partial charge in [-0.05, 0) is 24.6 Å². The van der Waals surface area contributed by atoms with Crippen molar-refractivity contribution in [2.75, 3.05) is 11.5 Å². The van der Waals surface area contributed by atoms with Crippen LogP contribution in [0.2, 0.25) is 0 Å². The zero-order valence-corrected chi connectivity index (χ0v) is 12.5. The first-order valence-corrected chi connectivity index (χ1v) is 8.22. The highest BCUT2D eigenvalue weighted by molar-refractivity contribution is 9.10. The summed E-state index contributed by atoms with van der Waals surface area (Å²) in [4.78, 5) is 0. The summed E-state index contributed by atoms with van der Waals surface area (Å²) in [6, 6.07) is 7.94. The third-order valence-corrected chi connectivity index (χ3v) is 4.87. The van der Waals surface area contributed by atoms with E-state index in [0.717, 1.165) is 10.0 Å². The standard InChI is InChI=1S/C12H18BrNO2S/c1-3-17(15,16)9-10(2)14-8-11-5-4-6-12(13)7-11/h4-7,10,14H,3,8-9H2,1-2H3. The molecule has 0 aromatic heterocycles. The topological polar surface area (TPSA) is 46.2 Å². The minimum absolute atomic E-state index is 0.0288. The van der Waals surface area contributed by atoms with E-state index in [0.29, 0.717) is 6.54 Å². The molecule has 0 aliphatic carbocycles. The Kier molecular flexibility index (Phi) is 5.62. The number of rotatable bonds is 6. The smallest absolute Gasteiger partial charge is 0.151 e. The second kappa shape index (κ2) is 6.52. The van der Waals surface area contributed by atoms with E-state index in [2.05, 4.69) is 21.2 Å². The van der Waals surface area contributed by atoms with Crippen LogP contribution < -0.4 is 5.32 Å². The Morgan fingerprint density at radius 2 is 2.12 bits per heavy atom. The Morgan fingerprint density at radius 3 is 2.71 bits per heavy atom. The minimum Gasteiger partial charge on any atom is -0.309 e. The number of benzene rings is 1. The maximum atomic E-state index is 11.4. The summed E-state index contributed by atoms with van der Waals surface area (Å²) in [7, 11) is -2.90. The summed E-state index contributed by atoms with van der Waals surface area (Å²) in [5.41, 5.74) is 1.14. The molecule has 0 radical (unpaired) electrons. The van der Waals surface area contributed by atoms with E-state index in [4.69, 9.17) is 0 Å². The van der Waals surface area contributed by atoms with Gasteiger partial charge in [0.25, 0.3) is 0 Å². The molecule has 1 aromatic carbocycles. The average Bonchev–Trinajstić information content (AvgIpc) is 2.26. The molecular formula is C12H18BrNO2S. The first-order chi connectivity index (χ1) is 7.93. The van der Waals surface area contributed by atoms with Crippen molar-refractivity contribution in [3.05, 3.63) is 34.3 Å². The second-order valence-electron chi connectivity index (χ2n) is 4.11. The molecule has 0 amide bonds. The van der Waals surface area contributed by atoms with Gasteiger partial charge < -0.3 is 5.32 Å². The van der Waals surface area contributed by atoms with Gasteiger partial charge in [0.2, 0.25) is 0 Å². The number of sulfone groups is 1. The molecule has 5 heteroatoms. The van der Waals surface area contributed by atoms with Crippen LogP contribution in [0.1, 0.15) is 19.4 Å². The largest absolute Gasteiger partial charge is 0.309 e. The summed E-state index contributed by atoms with van der Waals surface area (Å²) in [5, 5.41) is 3.22. The van der Waals surface area contributed by atoms with Crippen LogP contribution in [0.5, 0.6) is 0 Å². The van der Waals surface area contributed by atoms with Crippen molar-refractivity contribution in [2.45, 2.75) is 26.4 Å². The van der Waals surface area contributed by atoms with Gasteiger partial charge in [-0.2, -0.15) is 0 Å². The Morgan fingerprint density at radius 1 is 1.41 bits per heavy atom. The van der Waals surface area contributed by atoms with E-state index in [1.165, 1.54) is 0 Å². The van der Waals surface area contributed by atoms with Gasteiger partial charge >= 0.3 is 0 Å². The van der Waals surface area contributed by atoms with Crippen LogP contribution >= 0.6 is 15.9 Å². The van der Waals surface area contributed by atoms with Crippen molar-refractivity contribution in [1.29, 1.82) is 0 Å². The van der Waals surface area contributed by atoms with Crippen LogP contribution in [-0.4, -0.2) is 26.0 Å². The summed E-state index contributed by atoms with van der Waals surface area (Å²) < 4.78 is 23.9. The summed E-state index contributed by atoms with van der Waals surface area (Å²) in [6.45, 7) is 4.25. The molecule has 0 aliphatic rings. The summed E-state index contributed by atoms with van der Waals surface area (Å²) in [6.07, 6.45) is 0. The zero-order valence-electron chi connectivity index (χ0n) is 10.1. The van der Waals surface area contributed by atoms with Crippen molar-refractivity contribution in [2.24, 2.45) is 0 Å². The highest BCUT2D eigenvalue weighted by Crippen LogP contribution is 2.11. The van der Waals surface area contributed by atoms with Gasteiger partial charge in [0, 0.05) is 22.8 Å². The molecule has 1 N–H and O–H groups in total. The van der Waals surface area contributed by atoms with Crippen molar-refractivity contribution in [1.82, 2.24) is 5.32 Å². The van der Waals surface area contributed by atoms with Gasteiger partial charge in [0.05, 0.1) is 5.75 Å². The third-order valence-electron chi connectivity index (χ3n) is 2.49. The average molecular weight is 320 g/mol. The van der Waals surface area contributed by atoms with Crippen LogP contribution in [0.15, 0.2) is 28.7 Å². The van der Waals surface area contributed by atoms with E-state index in [1.807, 2.05) is 31.2 Å². The Bertz CT molecular complexity index is 459. The van der Waals surface area contributed by atoms with Gasteiger partial charge in [0.1, 0.15) is 0 Å². The van der Waals surface area contributed by atoms with Crippen LogP contribution in [0, 0.1) is 0 Å². The fraction of sp³-hybridized carbons (Fsp3) is 0.500. The fourth-order valence-electron chi connectivity index (χ4n) is 1.50. The summed E-state index contributed by atoms with van der Waals surface area (Å²) >= 11 is 3.41. The number of nitrogens with one attached hydrogen (secondary N) is 1. The number of hydrogen-bond acceptors (Lipinski definition) is 3. The van der Waals surface area contributed by atoms with Crippen molar-refractivity contribution in [3.63, 3.8) is 0 Å². The van der Waals surface area contributed by atoms with Crippen LogP contribution in [0.25, 0.3) is 0 Å². The number of halogens is 1. The molecular weight excluding hydrogens is 302 g/mol. The maximum absolute atomic E-state index is 11.4. The second-order valence-corrected chi connectivity index (χ2v) is 7.42. The zero-order chi connectivity index (χ0) is 12.9. The van der Waals surface area contributed by atoms with Gasteiger partial charge in [-0.3, -0.25) is 0 Å². The van der Waals surface area contributed by atoms with Crippen LogP contribution in [-0.2, 0) is 16.4 Å². The molecule has 1 atom stereocenters. The molecule has 0 bridgehead atoms. The van der Waals surface area contributed by atoms with Gasteiger partial charge in [-0.25, -0.2) is 8.42 Å². The maximum Gasteiger partial charge on any atom is 0.151 e.